The SMILES string of the molecule is Fc1cc(Cl)c2c(N3CCOCC34CC4)n[nH]c2c1. The number of ether oxygens (including phenoxy) is 1. The molecule has 1 aliphatic heterocycles. The lowest BCUT2D eigenvalue weighted by atomic mass is 10.1. The predicted octanol–water partition coefficient (Wildman–Crippen LogP) is 2.72. The van der Waals surface area contributed by atoms with Crippen LogP contribution >= 0.6 is 11.6 Å². The van der Waals surface area contributed by atoms with Crippen LogP contribution in [0.15, 0.2) is 12.1 Å². The van der Waals surface area contributed by atoms with Gasteiger partial charge in [-0.25, -0.2) is 4.39 Å². The van der Waals surface area contributed by atoms with E-state index in [1.54, 1.807) is 0 Å². The topological polar surface area (TPSA) is 41.1 Å². The first-order valence-electron chi connectivity index (χ1n) is 6.38. The third-order valence-corrected chi connectivity index (χ3v) is 4.34. The zero-order valence-corrected chi connectivity index (χ0v) is 11.0. The van der Waals surface area contributed by atoms with Crippen molar-refractivity contribution in [2.45, 2.75) is 18.4 Å². The van der Waals surface area contributed by atoms with E-state index in [0.717, 1.165) is 37.2 Å². The lowest BCUT2D eigenvalue weighted by molar-refractivity contribution is 0.0861. The van der Waals surface area contributed by atoms with Crippen molar-refractivity contribution in [1.29, 1.82) is 0 Å². The van der Waals surface area contributed by atoms with Crippen LogP contribution in [0.4, 0.5) is 10.2 Å². The van der Waals surface area contributed by atoms with E-state index in [-0.39, 0.29) is 11.4 Å². The van der Waals surface area contributed by atoms with Crippen LogP contribution in [0.3, 0.4) is 0 Å². The average Bonchev–Trinajstić information content (AvgIpc) is 3.00. The highest BCUT2D eigenvalue weighted by molar-refractivity contribution is 6.36. The first kappa shape index (κ1) is 11.5. The van der Waals surface area contributed by atoms with Gasteiger partial charge in [0.25, 0.3) is 0 Å². The summed E-state index contributed by atoms with van der Waals surface area (Å²) in [7, 11) is 0. The van der Waals surface area contributed by atoms with Crippen molar-refractivity contribution in [3.8, 4) is 0 Å². The van der Waals surface area contributed by atoms with Gasteiger partial charge >= 0.3 is 0 Å². The third-order valence-electron chi connectivity index (χ3n) is 4.05. The van der Waals surface area contributed by atoms with Crippen LogP contribution in [-0.2, 0) is 4.74 Å². The number of hydrogen-bond donors (Lipinski definition) is 1. The largest absolute Gasteiger partial charge is 0.377 e. The van der Waals surface area contributed by atoms with Crippen LogP contribution in [0.1, 0.15) is 12.8 Å². The summed E-state index contributed by atoms with van der Waals surface area (Å²) in [6, 6.07) is 2.76. The molecular formula is C13H13ClFN3O. The number of nitrogens with one attached hydrogen (secondary N) is 1. The summed E-state index contributed by atoms with van der Waals surface area (Å²) < 4.78 is 18.9. The van der Waals surface area contributed by atoms with E-state index in [9.17, 15) is 4.39 Å². The van der Waals surface area contributed by atoms with E-state index < -0.39 is 0 Å². The van der Waals surface area contributed by atoms with Gasteiger partial charge in [-0.3, -0.25) is 5.10 Å². The average molecular weight is 282 g/mol. The van der Waals surface area contributed by atoms with Gasteiger partial charge < -0.3 is 9.64 Å². The molecule has 2 aromatic rings. The first-order valence-corrected chi connectivity index (χ1v) is 6.76. The lowest BCUT2D eigenvalue weighted by Gasteiger charge is -2.36. The van der Waals surface area contributed by atoms with Crippen molar-refractivity contribution < 1.29 is 9.13 Å². The van der Waals surface area contributed by atoms with Crippen LogP contribution in [0, 0.1) is 5.82 Å². The molecule has 1 spiro atoms. The van der Waals surface area contributed by atoms with Gasteiger partial charge in [-0.05, 0) is 25.0 Å². The number of halogens is 2. The monoisotopic (exact) mass is 281 g/mol. The summed E-state index contributed by atoms with van der Waals surface area (Å²) >= 11 is 6.18. The molecule has 2 fully saturated rings. The Morgan fingerprint density at radius 1 is 1.42 bits per heavy atom. The van der Waals surface area contributed by atoms with Crippen molar-refractivity contribution in [1.82, 2.24) is 10.2 Å². The van der Waals surface area contributed by atoms with Gasteiger partial charge in [0.15, 0.2) is 5.82 Å². The van der Waals surface area contributed by atoms with Crippen LogP contribution in [-0.4, -0.2) is 35.5 Å². The second-order valence-corrected chi connectivity index (χ2v) is 5.69. The molecule has 1 saturated carbocycles. The number of H-pyrrole nitrogens is 1. The number of aromatic nitrogens is 2. The van der Waals surface area contributed by atoms with E-state index in [1.165, 1.54) is 12.1 Å². The number of anilines is 1. The molecule has 100 valence electrons. The number of benzene rings is 1. The predicted molar refractivity (Wildman–Crippen MR) is 71.2 cm³/mol. The lowest BCUT2D eigenvalue weighted by Crippen LogP contribution is -2.48. The van der Waals surface area contributed by atoms with Crippen molar-refractivity contribution in [2.75, 3.05) is 24.7 Å². The maximum Gasteiger partial charge on any atom is 0.160 e. The minimum atomic E-state index is -0.351. The summed E-state index contributed by atoms with van der Waals surface area (Å²) in [5, 5.41) is 8.43. The van der Waals surface area contributed by atoms with Crippen molar-refractivity contribution in [3.63, 3.8) is 0 Å². The fraction of sp³-hybridized carbons (Fsp3) is 0.462. The molecule has 1 aromatic carbocycles. The molecule has 0 bridgehead atoms. The molecule has 0 radical (unpaired) electrons. The van der Waals surface area contributed by atoms with Crippen LogP contribution in [0.25, 0.3) is 10.9 Å². The third kappa shape index (κ3) is 1.65. The second kappa shape index (κ2) is 3.84. The van der Waals surface area contributed by atoms with Gasteiger partial charge in [0.2, 0.25) is 0 Å². The molecule has 1 saturated heterocycles. The van der Waals surface area contributed by atoms with E-state index in [4.69, 9.17) is 16.3 Å². The molecule has 4 nitrogen and oxygen atoms in total. The Kier molecular flexibility index (Phi) is 2.32. The quantitative estimate of drug-likeness (QED) is 0.874. The molecule has 1 aliphatic carbocycles. The minimum absolute atomic E-state index is 0.0814. The van der Waals surface area contributed by atoms with E-state index in [2.05, 4.69) is 15.1 Å². The van der Waals surface area contributed by atoms with Crippen LogP contribution < -0.4 is 4.90 Å². The molecule has 19 heavy (non-hydrogen) atoms. The molecule has 0 amide bonds. The Balaban J connectivity index is 1.87. The summed E-state index contributed by atoms with van der Waals surface area (Å²) in [5.41, 5.74) is 0.722. The maximum atomic E-state index is 13.3. The fourth-order valence-corrected chi connectivity index (χ4v) is 3.17. The number of morpholine rings is 1. The number of nitrogens with zero attached hydrogens (tertiary/aromatic N) is 2. The van der Waals surface area contributed by atoms with E-state index >= 15 is 0 Å². The molecular weight excluding hydrogens is 269 g/mol. The maximum absolute atomic E-state index is 13.3. The van der Waals surface area contributed by atoms with Gasteiger partial charge in [-0.1, -0.05) is 11.6 Å². The fourth-order valence-electron chi connectivity index (χ4n) is 2.88. The van der Waals surface area contributed by atoms with Gasteiger partial charge in [0.1, 0.15) is 5.82 Å². The molecule has 0 atom stereocenters. The van der Waals surface area contributed by atoms with Gasteiger partial charge in [-0.2, -0.15) is 5.10 Å². The van der Waals surface area contributed by atoms with E-state index in [1.807, 2.05) is 0 Å². The van der Waals surface area contributed by atoms with Crippen LogP contribution in [0.5, 0.6) is 0 Å². The van der Waals surface area contributed by atoms with Gasteiger partial charge in [-0.15, -0.1) is 0 Å². The van der Waals surface area contributed by atoms with Crippen molar-refractivity contribution >= 4 is 28.3 Å². The molecule has 4 rings (SSSR count). The molecule has 2 aliphatic rings. The second-order valence-electron chi connectivity index (χ2n) is 5.29. The highest BCUT2D eigenvalue weighted by Gasteiger charge is 2.51. The summed E-state index contributed by atoms with van der Waals surface area (Å²) in [5.74, 6) is 0.469. The number of fused-ring (bicyclic) bond motifs is 1. The van der Waals surface area contributed by atoms with Gasteiger partial charge in [0, 0.05) is 6.54 Å². The number of hydrogen-bond acceptors (Lipinski definition) is 3. The zero-order chi connectivity index (χ0) is 13.0. The molecule has 6 heteroatoms. The van der Waals surface area contributed by atoms with Crippen LogP contribution in [0.2, 0.25) is 5.02 Å². The number of rotatable bonds is 1. The zero-order valence-electron chi connectivity index (χ0n) is 10.2. The van der Waals surface area contributed by atoms with Crippen molar-refractivity contribution in [3.05, 3.63) is 23.0 Å². The standard InChI is InChI=1S/C13H13ClFN3O/c14-9-5-8(15)6-10-11(9)12(17-16-10)18-3-4-19-7-13(18)1-2-13/h5-6H,1-4,7H2,(H,16,17). The Labute approximate surface area is 114 Å². The Morgan fingerprint density at radius 3 is 3.05 bits per heavy atom. The van der Waals surface area contributed by atoms with Crippen molar-refractivity contribution in [2.24, 2.45) is 0 Å². The summed E-state index contributed by atoms with van der Waals surface area (Å²) in [6.45, 7) is 2.22. The Hall–Kier alpha value is -1.33. The number of aromatic amines is 1. The smallest absolute Gasteiger partial charge is 0.160 e. The van der Waals surface area contributed by atoms with Gasteiger partial charge in [0.05, 0.1) is 34.7 Å². The minimum Gasteiger partial charge on any atom is -0.377 e. The first-order chi connectivity index (χ1) is 9.20. The molecule has 1 aromatic heterocycles. The highest BCUT2D eigenvalue weighted by Crippen LogP contribution is 2.47. The molecule has 2 heterocycles. The summed E-state index contributed by atoms with van der Waals surface area (Å²) in [6.07, 6.45) is 2.22. The van der Waals surface area contributed by atoms with E-state index in [0.29, 0.717) is 17.1 Å². The summed E-state index contributed by atoms with van der Waals surface area (Å²) in [4.78, 5) is 2.26. The Bertz CT molecular complexity index is 653. The molecule has 1 N–H and O–H groups in total. The normalized spacial score (nSPS) is 21.3. The Morgan fingerprint density at radius 2 is 2.26 bits per heavy atom. The highest BCUT2D eigenvalue weighted by atomic mass is 35.5. The molecule has 0 unspecified atom stereocenters.